The quantitative estimate of drug-likeness (QED) is 0.548. The van der Waals surface area contributed by atoms with Crippen molar-refractivity contribution in [2.75, 3.05) is 39.7 Å². The third kappa shape index (κ3) is 5.06. The van der Waals surface area contributed by atoms with Crippen LogP contribution in [0.4, 0.5) is 5.82 Å². The summed E-state index contributed by atoms with van der Waals surface area (Å²) in [5.74, 6) is 2.44. The molecule has 0 spiro atoms. The summed E-state index contributed by atoms with van der Waals surface area (Å²) in [5.41, 5.74) is 2.77. The standard InChI is InChI=1S/C25H32N6O2/c1-17(32)31-13-7-9-21(31)25-27-20(14-23(28-25)29(2)3)16-30(4)15-19-12-11-18-8-6-10-22(33-5)24(18)26-19/h6,8,10-12,14,21H,7,9,13,15-16H2,1-5H3/t21-/m0/s1. The molecule has 1 fully saturated rings. The number of likely N-dealkylation sites (tertiary alicyclic amines) is 1. The molecule has 1 aliphatic heterocycles. The van der Waals surface area contributed by atoms with Crippen molar-refractivity contribution in [3.05, 3.63) is 53.6 Å². The maximum atomic E-state index is 12.1. The monoisotopic (exact) mass is 448 g/mol. The Bertz CT molecular complexity index is 1150. The van der Waals surface area contributed by atoms with Gasteiger partial charge in [0, 0.05) is 52.1 Å². The first-order valence-corrected chi connectivity index (χ1v) is 11.3. The lowest BCUT2D eigenvalue weighted by molar-refractivity contribution is -0.129. The highest BCUT2D eigenvalue weighted by atomic mass is 16.5. The predicted molar refractivity (Wildman–Crippen MR) is 129 cm³/mol. The zero-order valence-corrected chi connectivity index (χ0v) is 20.1. The first-order valence-electron chi connectivity index (χ1n) is 11.3. The zero-order valence-electron chi connectivity index (χ0n) is 20.1. The van der Waals surface area contributed by atoms with Gasteiger partial charge in [-0.3, -0.25) is 9.69 Å². The van der Waals surface area contributed by atoms with Crippen LogP contribution in [0, 0.1) is 0 Å². The van der Waals surface area contributed by atoms with Crippen LogP contribution in [0.2, 0.25) is 0 Å². The molecule has 0 N–H and O–H groups in total. The molecule has 0 unspecified atom stereocenters. The molecule has 8 nitrogen and oxygen atoms in total. The van der Waals surface area contributed by atoms with Crippen molar-refractivity contribution in [1.29, 1.82) is 0 Å². The van der Waals surface area contributed by atoms with Crippen molar-refractivity contribution < 1.29 is 9.53 Å². The van der Waals surface area contributed by atoms with Crippen molar-refractivity contribution in [1.82, 2.24) is 24.8 Å². The lowest BCUT2D eigenvalue weighted by Crippen LogP contribution is -2.30. The molecular weight excluding hydrogens is 416 g/mol. The SMILES string of the molecule is COc1cccc2ccc(CN(C)Cc3cc(N(C)C)nc([C@@H]4CCCN4C(C)=O)n3)nc12. The average molecular weight is 449 g/mol. The van der Waals surface area contributed by atoms with Gasteiger partial charge in [0.2, 0.25) is 5.91 Å². The Morgan fingerprint density at radius 1 is 1.09 bits per heavy atom. The number of anilines is 1. The molecule has 0 radical (unpaired) electrons. The van der Waals surface area contributed by atoms with E-state index in [-0.39, 0.29) is 11.9 Å². The third-order valence-corrected chi connectivity index (χ3v) is 6.02. The summed E-state index contributed by atoms with van der Waals surface area (Å²) in [5, 5.41) is 1.06. The summed E-state index contributed by atoms with van der Waals surface area (Å²) < 4.78 is 5.48. The van der Waals surface area contributed by atoms with Gasteiger partial charge in [0.15, 0.2) is 5.82 Å². The molecule has 1 atom stereocenters. The summed E-state index contributed by atoms with van der Waals surface area (Å²) in [4.78, 5) is 32.6. The summed E-state index contributed by atoms with van der Waals surface area (Å²) in [6, 6.07) is 12.0. The van der Waals surface area contributed by atoms with Crippen LogP contribution in [0.3, 0.4) is 0 Å². The Kier molecular flexibility index (Phi) is 6.74. The Labute approximate surface area is 195 Å². The molecule has 174 valence electrons. The van der Waals surface area contributed by atoms with Crippen molar-refractivity contribution >= 4 is 22.6 Å². The lowest BCUT2D eigenvalue weighted by Gasteiger charge is -2.24. The number of carbonyl (C=O) groups excluding carboxylic acids is 1. The minimum Gasteiger partial charge on any atom is -0.494 e. The molecule has 33 heavy (non-hydrogen) atoms. The molecule has 1 aromatic carbocycles. The molecule has 3 aromatic rings. The lowest BCUT2D eigenvalue weighted by atomic mass is 10.2. The van der Waals surface area contributed by atoms with Gasteiger partial charge in [-0.05, 0) is 32.0 Å². The van der Waals surface area contributed by atoms with E-state index in [4.69, 9.17) is 19.7 Å². The Morgan fingerprint density at radius 2 is 1.88 bits per heavy atom. The summed E-state index contributed by atoms with van der Waals surface area (Å²) >= 11 is 0. The van der Waals surface area contributed by atoms with Gasteiger partial charge in [-0.1, -0.05) is 18.2 Å². The molecular formula is C25H32N6O2. The predicted octanol–water partition coefficient (Wildman–Crippen LogP) is 3.41. The second-order valence-corrected chi connectivity index (χ2v) is 8.85. The molecule has 1 aliphatic rings. The number of aromatic nitrogens is 3. The second-order valence-electron chi connectivity index (χ2n) is 8.85. The fraction of sp³-hybridized carbons (Fsp3) is 0.440. The van der Waals surface area contributed by atoms with Crippen LogP contribution in [0.25, 0.3) is 10.9 Å². The third-order valence-electron chi connectivity index (χ3n) is 6.02. The number of nitrogens with zero attached hydrogens (tertiary/aromatic N) is 6. The smallest absolute Gasteiger partial charge is 0.220 e. The number of benzene rings is 1. The number of methoxy groups -OCH3 is 1. The van der Waals surface area contributed by atoms with E-state index in [1.807, 2.05) is 48.2 Å². The summed E-state index contributed by atoms with van der Waals surface area (Å²) in [6.07, 6.45) is 1.88. The number of amides is 1. The second kappa shape index (κ2) is 9.70. The van der Waals surface area contributed by atoms with Gasteiger partial charge in [-0.15, -0.1) is 0 Å². The van der Waals surface area contributed by atoms with Gasteiger partial charge in [0.05, 0.1) is 24.5 Å². The first-order chi connectivity index (χ1) is 15.9. The number of ether oxygens (including phenoxy) is 1. The Morgan fingerprint density at radius 3 is 2.61 bits per heavy atom. The van der Waals surface area contributed by atoms with Gasteiger partial charge in [0.25, 0.3) is 0 Å². The number of hydrogen-bond acceptors (Lipinski definition) is 7. The Hall–Kier alpha value is -3.26. The number of fused-ring (bicyclic) bond motifs is 1. The molecule has 4 rings (SSSR count). The molecule has 1 saturated heterocycles. The van der Waals surface area contributed by atoms with Crippen molar-refractivity contribution in [2.24, 2.45) is 0 Å². The number of carbonyl (C=O) groups is 1. The van der Waals surface area contributed by atoms with Crippen LogP contribution in [-0.2, 0) is 17.9 Å². The number of hydrogen-bond donors (Lipinski definition) is 0. The first kappa shape index (κ1) is 22.9. The van der Waals surface area contributed by atoms with Crippen LogP contribution in [-0.4, -0.2) is 65.5 Å². The Balaban J connectivity index is 1.56. The summed E-state index contributed by atoms with van der Waals surface area (Å²) in [7, 11) is 7.68. The number of pyridine rings is 1. The normalized spacial score (nSPS) is 15.9. The van der Waals surface area contributed by atoms with Crippen LogP contribution < -0.4 is 9.64 Å². The van der Waals surface area contributed by atoms with Crippen LogP contribution >= 0.6 is 0 Å². The highest BCUT2D eigenvalue weighted by Crippen LogP contribution is 2.31. The van der Waals surface area contributed by atoms with Crippen molar-refractivity contribution in [2.45, 2.75) is 38.9 Å². The van der Waals surface area contributed by atoms with E-state index in [1.54, 1.807) is 14.0 Å². The molecule has 3 heterocycles. The van der Waals surface area contributed by atoms with Gasteiger partial charge in [0.1, 0.15) is 17.1 Å². The molecule has 0 saturated carbocycles. The van der Waals surface area contributed by atoms with Gasteiger partial charge < -0.3 is 14.5 Å². The maximum Gasteiger partial charge on any atom is 0.220 e. The number of rotatable bonds is 7. The molecule has 0 bridgehead atoms. The average Bonchev–Trinajstić information content (AvgIpc) is 3.29. The van der Waals surface area contributed by atoms with E-state index in [0.29, 0.717) is 13.1 Å². The van der Waals surface area contributed by atoms with Gasteiger partial charge in [-0.25, -0.2) is 15.0 Å². The number of para-hydroxylation sites is 1. The largest absolute Gasteiger partial charge is 0.494 e. The van der Waals surface area contributed by atoms with E-state index in [0.717, 1.165) is 59.1 Å². The van der Waals surface area contributed by atoms with Crippen LogP contribution in [0.5, 0.6) is 5.75 Å². The molecule has 0 aliphatic carbocycles. The van der Waals surface area contributed by atoms with Gasteiger partial charge in [-0.2, -0.15) is 0 Å². The topological polar surface area (TPSA) is 74.7 Å². The van der Waals surface area contributed by atoms with E-state index in [9.17, 15) is 4.79 Å². The van der Waals surface area contributed by atoms with Crippen LogP contribution in [0.1, 0.15) is 43.0 Å². The van der Waals surface area contributed by atoms with E-state index in [1.165, 1.54) is 0 Å². The minimum atomic E-state index is -0.0546. The highest BCUT2D eigenvalue weighted by Gasteiger charge is 2.30. The van der Waals surface area contributed by atoms with Crippen LogP contribution in [0.15, 0.2) is 36.4 Å². The highest BCUT2D eigenvalue weighted by molar-refractivity contribution is 5.84. The molecule has 8 heteroatoms. The molecule has 2 aromatic heterocycles. The maximum absolute atomic E-state index is 12.1. The zero-order chi connectivity index (χ0) is 23.5. The van der Waals surface area contributed by atoms with Crippen molar-refractivity contribution in [3.8, 4) is 5.75 Å². The fourth-order valence-electron chi connectivity index (χ4n) is 4.40. The van der Waals surface area contributed by atoms with E-state index < -0.39 is 0 Å². The summed E-state index contributed by atoms with van der Waals surface area (Å²) in [6.45, 7) is 3.71. The minimum absolute atomic E-state index is 0.0546. The fourth-order valence-corrected chi connectivity index (χ4v) is 4.40. The molecule has 1 amide bonds. The van der Waals surface area contributed by atoms with E-state index >= 15 is 0 Å². The van der Waals surface area contributed by atoms with Crippen molar-refractivity contribution in [3.63, 3.8) is 0 Å². The van der Waals surface area contributed by atoms with E-state index in [2.05, 4.69) is 24.1 Å². The van der Waals surface area contributed by atoms with Gasteiger partial charge >= 0.3 is 0 Å².